The summed E-state index contributed by atoms with van der Waals surface area (Å²) in [5.74, 6) is -1.79. The minimum Gasteiger partial charge on any atom is -0.321 e. The first-order chi connectivity index (χ1) is 10.4. The van der Waals surface area contributed by atoms with Gasteiger partial charge in [-0.05, 0) is 32.4 Å². The third-order valence-electron chi connectivity index (χ3n) is 3.17. The van der Waals surface area contributed by atoms with Gasteiger partial charge in [0, 0.05) is 17.7 Å². The number of aryl methyl sites for hydroxylation is 2. The molecule has 1 aromatic carbocycles. The number of para-hydroxylation sites is 1. The maximum Gasteiger partial charge on any atom is 0.254 e. The van der Waals surface area contributed by atoms with Gasteiger partial charge in [0.15, 0.2) is 0 Å². The summed E-state index contributed by atoms with van der Waals surface area (Å²) in [6.45, 7) is 3.33. The number of hydrogen-bond acceptors (Lipinski definition) is 3. The average Bonchev–Trinajstić information content (AvgIpc) is 2.42. The molecule has 116 valence electrons. The van der Waals surface area contributed by atoms with Gasteiger partial charge < -0.3 is 10.3 Å². The fourth-order valence-electron chi connectivity index (χ4n) is 2.10. The molecule has 0 radical (unpaired) electrons. The standard InChI is InChI=1S/C15H15F2N3O2/c1-8-10(15(22)19-9(2)18-8)6-7-13(21)20-14-11(16)4-3-5-12(14)17/h3-5H,6-7H2,1-2H3,(H,20,21)(H,18,19,22). The van der Waals surface area contributed by atoms with Crippen molar-refractivity contribution >= 4 is 11.6 Å². The van der Waals surface area contributed by atoms with E-state index in [9.17, 15) is 18.4 Å². The molecule has 22 heavy (non-hydrogen) atoms. The molecule has 0 saturated heterocycles. The molecule has 0 atom stereocenters. The smallest absolute Gasteiger partial charge is 0.254 e. The van der Waals surface area contributed by atoms with Crippen LogP contribution in [-0.4, -0.2) is 15.9 Å². The quantitative estimate of drug-likeness (QED) is 0.909. The lowest BCUT2D eigenvalue weighted by Gasteiger charge is -2.08. The number of H-pyrrole nitrogens is 1. The summed E-state index contributed by atoms with van der Waals surface area (Å²) in [6, 6.07) is 3.32. The van der Waals surface area contributed by atoms with E-state index in [-0.39, 0.29) is 18.4 Å². The van der Waals surface area contributed by atoms with Crippen molar-refractivity contribution in [2.45, 2.75) is 26.7 Å². The number of hydrogen-bond donors (Lipinski definition) is 2. The second-order valence-electron chi connectivity index (χ2n) is 4.86. The van der Waals surface area contributed by atoms with Crippen molar-refractivity contribution in [3.05, 3.63) is 57.3 Å². The second-order valence-corrected chi connectivity index (χ2v) is 4.86. The van der Waals surface area contributed by atoms with Crippen molar-refractivity contribution in [3.8, 4) is 0 Å². The first kappa shape index (κ1) is 15.8. The Hall–Kier alpha value is -2.57. The van der Waals surface area contributed by atoms with Crippen molar-refractivity contribution in [1.82, 2.24) is 9.97 Å². The maximum absolute atomic E-state index is 13.4. The van der Waals surface area contributed by atoms with E-state index < -0.39 is 23.2 Å². The Bertz CT molecular complexity index is 752. The van der Waals surface area contributed by atoms with Gasteiger partial charge in [-0.3, -0.25) is 9.59 Å². The molecule has 2 aromatic rings. The molecule has 0 bridgehead atoms. The number of amides is 1. The Morgan fingerprint density at radius 3 is 2.50 bits per heavy atom. The molecule has 0 unspecified atom stereocenters. The van der Waals surface area contributed by atoms with Gasteiger partial charge in [0.2, 0.25) is 5.91 Å². The van der Waals surface area contributed by atoms with Crippen LogP contribution in [0.25, 0.3) is 0 Å². The summed E-state index contributed by atoms with van der Waals surface area (Å²) in [5, 5.41) is 2.18. The van der Waals surface area contributed by atoms with E-state index in [0.29, 0.717) is 17.1 Å². The normalized spacial score (nSPS) is 10.5. The van der Waals surface area contributed by atoms with Gasteiger partial charge in [-0.15, -0.1) is 0 Å². The van der Waals surface area contributed by atoms with E-state index in [1.54, 1.807) is 13.8 Å². The molecule has 0 fully saturated rings. The van der Waals surface area contributed by atoms with Gasteiger partial charge in [-0.2, -0.15) is 0 Å². The van der Waals surface area contributed by atoms with Crippen LogP contribution in [0.4, 0.5) is 14.5 Å². The van der Waals surface area contributed by atoms with Crippen LogP contribution in [-0.2, 0) is 11.2 Å². The Morgan fingerprint density at radius 2 is 1.91 bits per heavy atom. The first-order valence-corrected chi connectivity index (χ1v) is 6.68. The van der Waals surface area contributed by atoms with E-state index >= 15 is 0 Å². The lowest BCUT2D eigenvalue weighted by Crippen LogP contribution is -2.21. The number of nitrogens with one attached hydrogen (secondary N) is 2. The summed E-state index contributed by atoms with van der Waals surface area (Å²) in [5.41, 5.74) is 0.121. The van der Waals surface area contributed by atoms with Crippen LogP contribution in [0, 0.1) is 25.5 Å². The van der Waals surface area contributed by atoms with Crippen molar-refractivity contribution in [1.29, 1.82) is 0 Å². The minimum absolute atomic E-state index is 0.0809. The third-order valence-corrected chi connectivity index (χ3v) is 3.17. The topological polar surface area (TPSA) is 74.8 Å². The van der Waals surface area contributed by atoms with Crippen LogP contribution in [0.1, 0.15) is 23.5 Å². The number of aromatic amines is 1. The van der Waals surface area contributed by atoms with E-state index in [0.717, 1.165) is 12.1 Å². The summed E-state index contributed by atoms with van der Waals surface area (Å²) >= 11 is 0. The molecular weight excluding hydrogens is 292 g/mol. The third kappa shape index (κ3) is 3.55. The van der Waals surface area contributed by atoms with Crippen LogP contribution < -0.4 is 10.9 Å². The molecular formula is C15H15F2N3O2. The highest BCUT2D eigenvalue weighted by Gasteiger charge is 2.13. The van der Waals surface area contributed by atoms with Gasteiger partial charge in [0.25, 0.3) is 5.56 Å². The van der Waals surface area contributed by atoms with Crippen LogP contribution in [0.5, 0.6) is 0 Å². The molecule has 0 aliphatic heterocycles. The van der Waals surface area contributed by atoms with Crippen LogP contribution in [0.3, 0.4) is 0 Å². The maximum atomic E-state index is 13.4. The molecule has 5 nitrogen and oxygen atoms in total. The van der Waals surface area contributed by atoms with Gasteiger partial charge in [0.05, 0.1) is 0 Å². The molecule has 7 heteroatoms. The van der Waals surface area contributed by atoms with Gasteiger partial charge >= 0.3 is 0 Å². The zero-order chi connectivity index (χ0) is 16.3. The highest BCUT2D eigenvalue weighted by Crippen LogP contribution is 2.18. The number of carbonyl (C=O) groups excluding carboxylic acids is 1. The van der Waals surface area contributed by atoms with Crippen LogP contribution >= 0.6 is 0 Å². The van der Waals surface area contributed by atoms with Gasteiger partial charge in [-0.1, -0.05) is 6.07 Å². The zero-order valence-corrected chi connectivity index (χ0v) is 12.2. The number of halogens is 2. The monoisotopic (exact) mass is 307 g/mol. The predicted octanol–water partition coefficient (Wildman–Crippen LogP) is 2.24. The summed E-state index contributed by atoms with van der Waals surface area (Å²) in [7, 11) is 0. The zero-order valence-electron chi connectivity index (χ0n) is 12.2. The highest BCUT2D eigenvalue weighted by molar-refractivity contribution is 5.91. The van der Waals surface area contributed by atoms with Crippen molar-refractivity contribution in [3.63, 3.8) is 0 Å². The molecule has 0 aliphatic rings. The van der Waals surface area contributed by atoms with Gasteiger partial charge in [-0.25, -0.2) is 13.8 Å². The number of benzene rings is 1. The number of aromatic nitrogens is 2. The molecule has 2 N–H and O–H groups in total. The molecule has 0 saturated carbocycles. The lowest BCUT2D eigenvalue weighted by molar-refractivity contribution is -0.116. The fraction of sp³-hybridized carbons (Fsp3) is 0.267. The Kier molecular flexibility index (Phi) is 4.65. The molecule has 1 heterocycles. The van der Waals surface area contributed by atoms with Crippen molar-refractivity contribution in [2.24, 2.45) is 0 Å². The fourth-order valence-corrected chi connectivity index (χ4v) is 2.10. The average molecular weight is 307 g/mol. The summed E-state index contributed by atoms with van der Waals surface area (Å²) in [6.07, 6.45) is 0.0544. The number of rotatable bonds is 4. The second kappa shape index (κ2) is 6.46. The molecule has 1 aromatic heterocycles. The Labute approximate surface area is 125 Å². The number of anilines is 1. The van der Waals surface area contributed by atoms with E-state index in [1.165, 1.54) is 6.07 Å². The first-order valence-electron chi connectivity index (χ1n) is 6.68. The number of carbonyl (C=O) groups is 1. The van der Waals surface area contributed by atoms with Crippen LogP contribution in [0.15, 0.2) is 23.0 Å². The predicted molar refractivity (Wildman–Crippen MR) is 77.6 cm³/mol. The van der Waals surface area contributed by atoms with Crippen LogP contribution in [0.2, 0.25) is 0 Å². The van der Waals surface area contributed by atoms with Crippen molar-refractivity contribution in [2.75, 3.05) is 5.32 Å². The Morgan fingerprint density at radius 1 is 1.27 bits per heavy atom. The summed E-state index contributed by atoms with van der Waals surface area (Å²) < 4.78 is 26.9. The molecule has 0 spiro atoms. The molecule has 2 rings (SSSR count). The number of nitrogens with zero attached hydrogens (tertiary/aromatic N) is 1. The van der Waals surface area contributed by atoms with Gasteiger partial charge in [0.1, 0.15) is 23.1 Å². The largest absolute Gasteiger partial charge is 0.321 e. The highest BCUT2D eigenvalue weighted by atomic mass is 19.1. The Balaban J connectivity index is 2.07. The molecule has 1 amide bonds. The SMILES string of the molecule is Cc1nc(C)c(CCC(=O)Nc2c(F)cccc2F)c(=O)[nH]1. The lowest BCUT2D eigenvalue weighted by atomic mass is 10.1. The van der Waals surface area contributed by atoms with E-state index in [4.69, 9.17) is 0 Å². The summed E-state index contributed by atoms with van der Waals surface area (Å²) in [4.78, 5) is 30.3. The van der Waals surface area contributed by atoms with E-state index in [1.807, 2.05) is 0 Å². The molecule has 0 aliphatic carbocycles. The van der Waals surface area contributed by atoms with E-state index in [2.05, 4.69) is 15.3 Å². The minimum atomic E-state index is -0.848. The van der Waals surface area contributed by atoms with Crippen molar-refractivity contribution < 1.29 is 13.6 Å².